The first kappa shape index (κ1) is 19.6. The summed E-state index contributed by atoms with van der Waals surface area (Å²) in [4.78, 5) is 5.37. The number of nitrogens with one attached hydrogen (secondary N) is 1. The maximum Gasteiger partial charge on any atom is 0.138 e. The Morgan fingerprint density at radius 1 is 1.03 bits per heavy atom. The van der Waals surface area contributed by atoms with E-state index >= 15 is 0 Å². The van der Waals surface area contributed by atoms with Gasteiger partial charge in [-0.2, -0.15) is 0 Å². The summed E-state index contributed by atoms with van der Waals surface area (Å²) in [5, 5.41) is 4.46. The van der Waals surface area contributed by atoms with Gasteiger partial charge in [0.15, 0.2) is 0 Å². The molecule has 0 unspecified atom stereocenters. The molecule has 0 radical (unpaired) electrons. The Hall–Kier alpha value is -2.76. The van der Waals surface area contributed by atoms with Gasteiger partial charge in [0.2, 0.25) is 0 Å². The molecule has 2 heterocycles. The summed E-state index contributed by atoms with van der Waals surface area (Å²) in [7, 11) is 0. The fraction of sp³-hybridized carbons (Fsp3) is 0.208. The number of rotatable bonds is 9. The highest BCUT2D eigenvalue weighted by atomic mass is 32.2. The summed E-state index contributed by atoms with van der Waals surface area (Å²) in [6.07, 6.45) is 3.66. The van der Waals surface area contributed by atoms with Crippen molar-refractivity contribution in [3.63, 3.8) is 0 Å². The molecule has 0 amide bonds. The topological polar surface area (TPSA) is 47.3 Å². The predicted octanol–water partition coefficient (Wildman–Crippen LogP) is 5.60. The average molecular weight is 405 g/mol. The largest absolute Gasteiger partial charge is 0.491 e. The summed E-state index contributed by atoms with van der Waals surface area (Å²) < 4.78 is 12.2. The van der Waals surface area contributed by atoms with Crippen molar-refractivity contribution in [1.82, 2.24) is 10.3 Å². The summed E-state index contributed by atoms with van der Waals surface area (Å²) in [6, 6.07) is 20.4. The van der Waals surface area contributed by atoms with Crippen LogP contribution in [0.15, 0.2) is 82.4 Å². The lowest BCUT2D eigenvalue weighted by Crippen LogP contribution is -2.20. The number of benzene rings is 2. The van der Waals surface area contributed by atoms with Crippen molar-refractivity contribution in [2.75, 3.05) is 13.2 Å². The fourth-order valence-corrected chi connectivity index (χ4v) is 4.13. The van der Waals surface area contributed by atoms with Gasteiger partial charge in [0.05, 0.1) is 11.1 Å². The van der Waals surface area contributed by atoms with Crippen LogP contribution in [-0.4, -0.2) is 18.1 Å². The van der Waals surface area contributed by atoms with Crippen LogP contribution in [0.2, 0.25) is 0 Å². The van der Waals surface area contributed by atoms with Gasteiger partial charge in [0.25, 0.3) is 0 Å². The molecule has 0 aliphatic carbocycles. The lowest BCUT2D eigenvalue weighted by Gasteiger charge is -2.09. The van der Waals surface area contributed by atoms with Crippen molar-refractivity contribution in [2.24, 2.45) is 0 Å². The number of aryl methyl sites for hydroxylation is 1. The van der Waals surface area contributed by atoms with E-state index in [-0.39, 0.29) is 0 Å². The maximum atomic E-state index is 6.12. The minimum atomic E-state index is 0.595. The van der Waals surface area contributed by atoms with E-state index in [1.807, 2.05) is 36.5 Å². The Morgan fingerprint density at radius 3 is 2.76 bits per heavy atom. The Labute approximate surface area is 175 Å². The second-order valence-corrected chi connectivity index (χ2v) is 7.82. The Kier molecular flexibility index (Phi) is 6.49. The summed E-state index contributed by atoms with van der Waals surface area (Å²) in [5.41, 5.74) is 3.20. The van der Waals surface area contributed by atoms with Crippen LogP contribution in [0.1, 0.15) is 16.9 Å². The molecule has 0 saturated carbocycles. The van der Waals surface area contributed by atoms with Crippen molar-refractivity contribution >= 4 is 22.7 Å². The Morgan fingerprint density at radius 2 is 1.93 bits per heavy atom. The van der Waals surface area contributed by atoms with Crippen LogP contribution in [0, 0.1) is 6.92 Å². The number of hydrogen-bond acceptors (Lipinski definition) is 5. The van der Waals surface area contributed by atoms with E-state index in [1.165, 1.54) is 10.5 Å². The van der Waals surface area contributed by atoms with Crippen LogP contribution in [0.5, 0.6) is 5.75 Å². The average Bonchev–Trinajstić information content (AvgIpc) is 3.10. The summed E-state index contributed by atoms with van der Waals surface area (Å²) >= 11 is 1.78. The second-order valence-electron chi connectivity index (χ2n) is 6.77. The van der Waals surface area contributed by atoms with Gasteiger partial charge in [0.1, 0.15) is 23.7 Å². The number of hydrogen-bond donors (Lipinski definition) is 1. The van der Waals surface area contributed by atoms with E-state index < -0.39 is 0 Å². The third kappa shape index (κ3) is 5.00. The van der Waals surface area contributed by atoms with E-state index in [4.69, 9.17) is 9.15 Å². The highest BCUT2D eigenvalue weighted by Crippen LogP contribution is 2.35. The van der Waals surface area contributed by atoms with Crippen LogP contribution in [0.4, 0.5) is 0 Å². The number of furan rings is 1. The molecule has 4 aromatic rings. The van der Waals surface area contributed by atoms with Crippen molar-refractivity contribution in [1.29, 1.82) is 0 Å². The first-order chi connectivity index (χ1) is 14.3. The lowest BCUT2D eigenvalue weighted by atomic mass is 10.1. The highest BCUT2D eigenvalue weighted by Gasteiger charge is 2.15. The number of pyridine rings is 1. The van der Waals surface area contributed by atoms with Crippen LogP contribution in [0.25, 0.3) is 11.0 Å². The molecule has 148 valence electrons. The number of thioether (sulfide) groups is 1. The highest BCUT2D eigenvalue weighted by molar-refractivity contribution is 7.98. The van der Waals surface area contributed by atoms with Crippen molar-refractivity contribution < 1.29 is 9.15 Å². The van der Waals surface area contributed by atoms with Gasteiger partial charge in [-0.05, 0) is 42.8 Å². The number of aromatic nitrogens is 1. The Bertz CT molecular complexity index is 1050. The molecule has 0 atom stereocenters. The van der Waals surface area contributed by atoms with Gasteiger partial charge in [-0.15, -0.1) is 11.8 Å². The normalized spacial score (nSPS) is 11.1. The Balaban J connectivity index is 1.37. The van der Waals surface area contributed by atoms with Gasteiger partial charge in [-0.25, -0.2) is 0 Å². The molecule has 0 fully saturated rings. The van der Waals surface area contributed by atoms with E-state index in [9.17, 15) is 0 Å². The molecule has 0 saturated heterocycles. The molecular weight excluding hydrogens is 380 g/mol. The molecule has 0 spiro atoms. The summed E-state index contributed by atoms with van der Waals surface area (Å²) in [6.45, 7) is 4.25. The third-order valence-corrected chi connectivity index (χ3v) is 5.73. The quantitative estimate of drug-likeness (QED) is 0.291. The third-order valence-electron chi connectivity index (χ3n) is 4.72. The first-order valence-electron chi connectivity index (χ1n) is 9.72. The molecular formula is C24H24N2O2S. The molecule has 5 heteroatoms. The van der Waals surface area contributed by atoms with Gasteiger partial charge in [-0.1, -0.05) is 30.3 Å². The van der Waals surface area contributed by atoms with Gasteiger partial charge >= 0.3 is 0 Å². The number of ether oxygens (including phenoxy) is 1. The SMILES string of the molecule is Cc1c(CSc2ccccc2)oc2cccc(OCCNCc3cccnc3)c12. The van der Waals surface area contributed by atoms with Gasteiger partial charge in [0, 0.05) is 35.9 Å². The van der Waals surface area contributed by atoms with Crippen molar-refractivity contribution in [3.8, 4) is 5.75 Å². The van der Waals surface area contributed by atoms with E-state index in [0.29, 0.717) is 6.61 Å². The monoisotopic (exact) mass is 404 g/mol. The smallest absolute Gasteiger partial charge is 0.138 e. The molecule has 0 bridgehead atoms. The number of fused-ring (bicyclic) bond motifs is 1. The molecule has 2 aromatic heterocycles. The van der Waals surface area contributed by atoms with E-state index in [2.05, 4.69) is 47.6 Å². The standard InChI is InChI=1S/C24H24N2O2S/c1-18-23(17-29-20-8-3-2-4-9-20)28-22-11-5-10-21(24(18)22)27-14-13-26-16-19-7-6-12-25-15-19/h2-12,15,26H,13-14,16-17H2,1H3. The minimum Gasteiger partial charge on any atom is -0.491 e. The number of nitrogens with zero attached hydrogens (tertiary/aromatic N) is 1. The zero-order chi connectivity index (χ0) is 19.9. The van der Waals surface area contributed by atoms with Crippen LogP contribution >= 0.6 is 11.8 Å². The van der Waals surface area contributed by atoms with Gasteiger partial charge < -0.3 is 14.5 Å². The molecule has 2 aromatic carbocycles. The second kappa shape index (κ2) is 9.63. The van der Waals surface area contributed by atoms with Gasteiger partial charge in [-0.3, -0.25) is 4.98 Å². The van der Waals surface area contributed by atoms with Crippen LogP contribution in [-0.2, 0) is 12.3 Å². The molecule has 4 nitrogen and oxygen atoms in total. The predicted molar refractivity (Wildman–Crippen MR) is 118 cm³/mol. The first-order valence-corrected chi connectivity index (χ1v) is 10.7. The molecule has 4 rings (SSSR count). The molecule has 1 N–H and O–H groups in total. The van der Waals surface area contributed by atoms with E-state index in [0.717, 1.165) is 46.9 Å². The minimum absolute atomic E-state index is 0.595. The fourth-order valence-electron chi connectivity index (χ4n) is 3.21. The zero-order valence-electron chi connectivity index (χ0n) is 16.4. The van der Waals surface area contributed by atoms with E-state index in [1.54, 1.807) is 18.0 Å². The lowest BCUT2D eigenvalue weighted by molar-refractivity contribution is 0.317. The summed E-state index contributed by atoms with van der Waals surface area (Å²) in [5.74, 6) is 2.68. The molecule has 0 aliphatic rings. The van der Waals surface area contributed by atoms with Crippen LogP contribution < -0.4 is 10.1 Å². The van der Waals surface area contributed by atoms with Crippen molar-refractivity contribution in [3.05, 3.63) is 89.9 Å². The zero-order valence-corrected chi connectivity index (χ0v) is 17.2. The molecule has 0 aliphatic heterocycles. The maximum absolute atomic E-state index is 6.12. The molecule has 29 heavy (non-hydrogen) atoms. The van der Waals surface area contributed by atoms with Crippen molar-refractivity contribution in [2.45, 2.75) is 24.1 Å². The van der Waals surface area contributed by atoms with Crippen LogP contribution in [0.3, 0.4) is 0 Å².